The van der Waals surface area contributed by atoms with E-state index in [4.69, 9.17) is 0 Å². The Kier molecular flexibility index (Phi) is 9.88. The molecule has 11 aromatic rings. The van der Waals surface area contributed by atoms with Crippen molar-refractivity contribution in [2.75, 3.05) is 4.90 Å². The zero-order chi connectivity index (χ0) is 49.8. The van der Waals surface area contributed by atoms with E-state index >= 15 is 0 Å². The molecular weight excluding hydrogens is 891 g/mol. The zero-order valence-corrected chi connectivity index (χ0v) is 42.3. The molecule has 14 rings (SSSR count). The molecule has 0 fully saturated rings. The maximum absolute atomic E-state index is 2.44. The Morgan fingerprint density at radius 3 is 1.15 bits per heavy atom. The van der Waals surface area contributed by atoms with Crippen LogP contribution in [0.5, 0.6) is 0 Å². The van der Waals surface area contributed by atoms with Crippen molar-refractivity contribution < 1.29 is 0 Å². The molecule has 0 saturated carbocycles. The number of nitrogens with zero attached hydrogens (tertiary/aromatic N) is 1. The first-order valence-corrected chi connectivity index (χ1v) is 26.2. The summed E-state index contributed by atoms with van der Waals surface area (Å²) < 4.78 is 0. The molecule has 3 aliphatic rings. The number of hydrogen-bond acceptors (Lipinski definition) is 1. The minimum Gasteiger partial charge on any atom is -0.310 e. The third kappa shape index (κ3) is 6.49. The SMILES string of the molecule is CC1(C)c2ccccc2-c2cccc(-c3cccc(N(c4ccc(-c5ccc6c(c5)C(C)(c5ccccc5)c5ccccc5-6)cc4)c4ccc(-c5ccc6c(c5)C(C)(c5ccccc5)c5ccccc5-6)cc4)c3)c21. The standard InChI is InChI=1S/C73H55N/c1-71(2)65-30-14-11-27-61(65)64-29-18-28-58(70(64)71)52-19-17-24-57(45-52)74(55-39-33-48(34-40-55)50-37-43-62-59-25-12-15-31-66(59)72(3,68(62)46-50)53-20-7-5-8-21-53)56-41-35-49(36-42-56)51-38-44-63-60-26-13-16-32-67(60)73(4,69(63)47-51)54-22-9-6-10-23-54/h5-47H,1-4H3. The first-order valence-electron chi connectivity index (χ1n) is 26.2. The van der Waals surface area contributed by atoms with E-state index < -0.39 is 0 Å². The Bertz CT molecular complexity index is 3810. The molecular formula is C73H55N. The quantitative estimate of drug-likeness (QED) is 0.147. The van der Waals surface area contributed by atoms with Gasteiger partial charge in [-0.25, -0.2) is 0 Å². The van der Waals surface area contributed by atoms with Crippen LogP contribution in [0.1, 0.15) is 72.2 Å². The fourth-order valence-corrected chi connectivity index (χ4v) is 13.5. The first kappa shape index (κ1) is 44.0. The molecule has 2 unspecified atom stereocenters. The minimum absolute atomic E-state index is 0.137. The summed E-state index contributed by atoms with van der Waals surface area (Å²) in [6, 6.07) is 97.4. The van der Waals surface area contributed by atoms with Crippen molar-refractivity contribution >= 4 is 17.1 Å². The lowest BCUT2D eigenvalue weighted by atomic mass is 9.74. The van der Waals surface area contributed by atoms with Crippen LogP contribution in [-0.2, 0) is 16.2 Å². The third-order valence-electron chi connectivity index (χ3n) is 17.2. The van der Waals surface area contributed by atoms with Crippen molar-refractivity contribution in [1.82, 2.24) is 0 Å². The summed E-state index contributed by atoms with van der Waals surface area (Å²) in [5, 5.41) is 0. The van der Waals surface area contributed by atoms with Crippen LogP contribution in [0.2, 0.25) is 0 Å². The van der Waals surface area contributed by atoms with E-state index in [0.717, 1.165) is 17.1 Å². The number of rotatable bonds is 8. The van der Waals surface area contributed by atoms with Crippen molar-refractivity contribution in [3.8, 4) is 66.8 Å². The van der Waals surface area contributed by atoms with Crippen LogP contribution in [0, 0.1) is 0 Å². The van der Waals surface area contributed by atoms with Crippen molar-refractivity contribution in [3.05, 3.63) is 305 Å². The van der Waals surface area contributed by atoms with Gasteiger partial charge in [-0.05, 0) is 174 Å². The number of anilines is 3. The van der Waals surface area contributed by atoms with Gasteiger partial charge in [0.15, 0.2) is 0 Å². The maximum Gasteiger partial charge on any atom is 0.0467 e. The minimum atomic E-state index is -0.264. The van der Waals surface area contributed by atoms with E-state index in [9.17, 15) is 0 Å². The lowest BCUT2D eigenvalue weighted by Crippen LogP contribution is -2.22. The second kappa shape index (κ2) is 16.6. The van der Waals surface area contributed by atoms with Gasteiger partial charge in [-0.15, -0.1) is 0 Å². The molecule has 0 radical (unpaired) electrons. The second-order valence-electron chi connectivity index (χ2n) is 21.5. The Balaban J connectivity index is 0.869. The summed E-state index contributed by atoms with van der Waals surface area (Å²) in [7, 11) is 0. The van der Waals surface area contributed by atoms with Crippen LogP contribution in [0.15, 0.2) is 261 Å². The van der Waals surface area contributed by atoms with E-state index in [1.165, 1.54) is 111 Å². The van der Waals surface area contributed by atoms with E-state index in [0.29, 0.717) is 0 Å². The Morgan fingerprint density at radius 1 is 0.243 bits per heavy atom. The second-order valence-corrected chi connectivity index (χ2v) is 21.5. The summed E-state index contributed by atoms with van der Waals surface area (Å²) in [5.41, 5.74) is 28.7. The predicted molar refractivity (Wildman–Crippen MR) is 310 cm³/mol. The molecule has 352 valence electrons. The monoisotopic (exact) mass is 945 g/mol. The van der Waals surface area contributed by atoms with Gasteiger partial charge in [-0.2, -0.15) is 0 Å². The summed E-state index contributed by atoms with van der Waals surface area (Å²) in [6.45, 7) is 9.55. The van der Waals surface area contributed by atoms with E-state index in [1.54, 1.807) is 0 Å². The van der Waals surface area contributed by atoms with Crippen molar-refractivity contribution in [3.63, 3.8) is 0 Å². The summed E-state index contributed by atoms with van der Waals surface area (Å²) in [5.74, 6) is 0. The van der Waals surface area contributed by atoms with Gasteiger partial charge in [0.2, 0.25) is 0 Å². The molecule has 0 N–H and O–H groups in total. The van der Waals surface area contributed by atoms with Gasteiger partial charge in [0.25, 0.3) is 0 Å². The lowest BCUT2D eigenvalue weighted by molar-refractivity contribution is 0.662. The Morgan fingerprint density at radius 2 is 0.635 bits per heavy atom. The van der Waals surface area contributed by atoms with Crippen LogP contribution in [0.25, 0.3) is 66.8 Å². The van der Waals surface area contributed by atoms with E-state index in [-0.39, 0.29) is 16.2 Å². The molecule has 0 aliphatic heterocycles. The Hall–Kier alpha value is -8.78. The third-order valence-corrected chi connectivity index (χ3v) is 17.2. The largest absolute Gasteiger partial charge is 0.310 e. The molecule has 11 aromatic carbocycles. The molecule has 1 nitrogen and oxygen atoms in total. The van der Waals surface area contributed by atoms with Crippen molar-refractivity contribution in [2.45, 2.75) is 43.9 Å². The van der Waals surface area contributed by atoms with Crippen molar-refractivity contribution in [2.24, 2.45) is 0 Å². The van der Waals surface area contributed by atoms with Crippen LogP contribution >= 0.6 is 0 Å². The summed E-state index contributed by atoms with van der Waals surface area (Å²) in [6.07, 6.45) is 0. The molecule has 0 aromatic heterocycles. The maximum atomic E-state index is 2.44. The summed E-state index contributed by atoms with van der Waals surface area (Å²) in [4.78, 5) is 2.43. The number of hydrogen-bond donors (Lipinski definition) is 0. The molecule has 1 heteroatoms. The molecule has 74 heavy (non-hydrogen) atoms. The fourth-order valence-electron chi connectivity index (χ4n) is 13.5. The van der Waals surface area contributed by atoms with Gasteiger partial charge in [-0.3, -0.25) is 0 Å². The first-order chi connectivity index (χ1) is 36.2. The van der Waals surface area contributed by atoms with Gasteiger partial charge >= 0.3 is 0 Å². The smallest absolute Gasteiger partial charge is 0.0467 e. The van der Waals surface area contributed by atoms with Gasteiger partial charge in [0.1, 0.15) is 0 Å². The van der Waals surface area contributed by atoms with Gasteiger partial charge < -0.3 is 4.90 Å². The number of benzene rings is 11. The highest BCUT2D eigenvalue weighted by Gasteiger charge is 2.42. The number of fused-ring (bicyclic) bond motifs is 9. The molecule has 0 heterocycles. The average Bonchev–Trinajstić information content (AvgIpc) is 4.06. The average molecular weight is 946 g/mol. The highest BCUT2D eigenvalue weighted by molar-refractivity contribution is 5.91. The molecule has 0 bridgehead atoms. The molecule has 0 amide bonds. The van der Waals surface area contributed by atoms with Crippen LogP contribution in [-0.4, -0.2) is 0 Å². The van der Waals surface area contributed by atoms with Crippen LogP contribution < -0.4 is 4.90 Å². The molecule has 0 saturated heterocycles. The lowest BCUT2D eigenvalue weighted by Gasteiger charge is -2.29. The highest BCUT2D eigenvalue weighted by Crippen LogP contribution is 2.56. The fraction of sp³-hybridized carbons (Fsp3) is 0.0959. The van der Waals surface area contributed by atoms with E-state index in [1.807, 2.05) is 0 Å². The van der Waals surface area contributed by atoms with Crippen molar-refractivity contribution in [1.29, 1.82) is 0 Å². The molecule has 2 atom stereocenters. The van der Waals surface area contributed by atoms with Gasteiger partial charge in [0, 0.05) is 33.3 Å². The van der Waals surface area contributed by atoms with E-state index in [2.05, 4.69) is 293 Å². The molecule has 3 aliphatic carbocycles. The molecule has 0 spiro atoms. The predicted octanol–water partition coefficient (Wildman–Crippen LogP) is 19.1. The van der Waals surface area contributed by atoms with Gasteiger partial charge in [0.05, 0.1) is 0 Å². The zero-order valence-electron chi connectivity index (χ0n) is 42.3. The van der Waals surface area contributed by atoms with Gasteiger partial charge in [-0.1, -0.05) is 226 Å². The van der Waals surface area contributed by atoms with Crippen LogP contribution in [0.4, 0.5) is 17.1 Å². The Labute approximate surface area is 435 Å². The van der Waals surface area contributed by atoms with Crippen LogP contribution in [0.3, 0.4) is 0 Å². The topological polar surface area (TPSA) is 3.24 Å². The summed E-state index contributed by atoms with van der Waals surface area (Å²) >= 11 is 0. The normalized spacial score (nSPS) is 17.1. The highest BCUT2D eigenvalue weighted by atomic mass is 15.1.